The highest BCUT2D eigenvalue weighted by Crippen LogP contribution is 2.40. The van der Waals surface area contributed by atoms with Crippen molar-refractivity contribution in [2.24, 2.45) is 0 Å². The maximum atomic E-state index is 10.5. The van der Waals surface area contributed by atoms with Gasteiger partial charge in [-0.3, -0.25) is 4.90 Å². The van der Waals surface area contributed by atoms with E-state index in [9.17, 15) is 5.11 Å². The van der Waals surface area contributed by atoms with Gasteiger partial charge in [-0.1, -0.05) is 59.1 Å². The lowest BCUT2D eigenvalue weighted by Crippen LogP contribution is -2.56. The Labute approximate surface area is 203 Å². The molecule has 0 spiro atoms. The third-order valence-corrected chi connectivity index (χ3v) is 6.75. The Morgan fingerprint density at radius 3 is 2.22 bits per heavy atom. The van der Waals surface area contributed by atoms with Gasteiger partial charge >= 0.3 is 0 Å². The molecule has 0 aromatic heterocycles. The first-order valence-electron chi connectivity index (χ1n) is 10.4. The molecule has 1 saturated heterocycles. The van der Waals surface area contributed by atoms with Crippen LogP contribution in [0.4, 0.5) is 5.69 Å². The van der Waals surface area contributed by atoms with Crippen LogP contribution in [-0.2, 0) is 6.54 Å². The van der Waals surface area contributed by atoms with Crippen LogP contribution in [0.2, 0.25) is 15.1 Å². The van der Waals surface area contributed by atoms with E-state index >= 15 is 0 Å². The van der Waals surface area contributed by atoms with Crippen molar-refractivity contribution in [1.29, 1.82) is 0 Å². The standard InChI is InChI=1S/C25H25Cl3N2O2/c1-32-21-9-2-17(3-10-21)15-29-12-13-30(23-11-8-20(27)14-22(23)28)25(24(29)16-31)18-4-6-19(26)7-5-18/h2-11,14,24-25,31H,12-13,15-16H2,1H3. The molecule has 1 heterocycles. The van der Waals surface area contributed by atoms with Crippen LogP contribution in [0.5, 0.6) is 5.75 Å². The van der Waals surface area contributed by atoms with Crippen molar-refractivity contribution in [3.63, 3.8) is 0 Å². The van der Waals surface area contributed by atoms with Crippen LogP contribution in [0.15, 0.2) is 66.7 Å². The van der Waals surface area contributed by atoms with Gasteiger partial charge in [-0.15, -0.1) is 0 Å². The average molecular weight is 492 g/mol. The van der Waals surface area contributed by atoms with Crippen LogP contribution in [0.3, 0.4) is 0 Å². The smallest absolute Gasteiger partial charge is 0.118 e. The van der Waals surface area contributed by atoms with Gasteiger partial charge in [0.05, 0.1) is 36.5 Å². The minimum absolute atomic E-state index is 0.00512. The summed E-state index contributed by atoms with van der Waals surface area (Å²) in [4.78, 5) is 4.58. The van der Waals surface area contributed by atoms with E-state index in [0.29, 0.717) is 15.1 Å². The van der Waals surface area contributed by atoms with Crippen LogP contribution in [0.1, 0.15) is 17.2 Å². The first kappa shape index (κ1) is 23.2. The Hall–Kier alpha value is -1.95. The lowest BCUT2D eigenvalue weighted by atomic mass is 9.93. The van der Waals surface area contributed by atoms with E-state index in [2.05, 4.69) is 21.9 Å². The zero-order valence-corrected chi connectivity index (χ0v) is 20.0. The number of hydrogen-bond donors (Lipinski definition) is 1. The number of rotatable bonds is 6. The van der Waals surface area contributed by atoms with E-state index in [-0.39, 0.29) is 18.7 Å². The summed E-state index contributed by atoms with van der Waals surface area (Å²) >= 11 is 18.9. The maximum Gasteiger partial charge on any atom is 0.118 e. The minimum atomic E-state index is -0.140. The molecule has 0 bridgehead atoms. The Morgan fingerprint density at radius 1 is 0.906 bits per heavy atom. The topological polar surface area (TPSA) is 35.9 Å². The molecule has 3 aromatic carbocycles. The average Bonchev–Trinajstić information content (AvgIpc) is 2.80. The minimum Gasteiger partial charge on any atom is -0.497 e. The molecule has 0 amide bonds. The number of aliphatic hydroxyl groups excluding tert-OH is 1. The molecular weight excluding hydrogens is 467 g/mol. The summed E-state index contributed by atoms with van der Waals surface area (Å²) in [6, 6.07) is 21.2. The molecule has 3 aromatic rings. The van der Waals surface area contributed by atoms with Crippen LogP contribution in [0, 0.1) is 0 Å². The monoisotopic (exact) mass is 490 g/mol. The molecule has 1 N–H and O–H groups in total. The van der Waals surface area contributed by atoms with Crippen molar-refractivity contribution in [3.05, 3.63) is 92.9 Å². The molecule has 0 radical (unpaired) electrons. The van der Waals surface area contributed by atoms with Gasteiger partial charge in [0.25, 0.3) is 0 Å². The number of piperazine rings is 1. The zero-order chi connectivity index (χ0) is 22.7. The quantitative estimate of drug-likeness (QED) is 0.453. The zero-order valence-electron chi connectivity index (χ0n) is 17.7. The van der Waals surface area contributed by atoms with E-state index < -0.39 is 0 Å². The first-order chi connectivity index (χ1) is 15.5. The third kappa shape index (κ3) is 5.00. The van der Waals surface area contributed by atoms with Gasteiger partial charge in [0.15, 0.2) is 0 Å². The molecule has 4 rings (SSSR count). The van der Waals surface area contributed by atoms with Gasteiger partial charge in [0, 0.05) is 29.7 Å². The number of halogens is 3. The van der Waals surface area contributed by atoms with Crippen molar-refractivity contribution in [3.8, 4) is 5.75 Å². The highest BCUT2D eigenvalue weighted by Gasteiger charge is 2.38. The SMILES string of the molecule is COc1ccc(CN2CCN(c3ccc(Cl)cc3Cl)C(c3ccc(Cl)cc3)C2CO)cc1. The molecule has 4 nitrogen and oxygen atoms in total. The number of ether oxygens (including phenoxy) is 1. The fourth-order valence-corrected chi connectivity index (χ4v) is 5.02. The summed E-state index contributed by atoms with van der Waals surface area (Å²) in [5.41, 5.74) is 3.13. The molecule has 1 aliphatic heterocycles. The second-order valence-electron chi connectivity index (χ2n) is 7.85. The number of aliphatic hydroxyl groups is 1. The summed E-state index contributed by atoms with van der Waals surface area (Å²) in [6.45, 7) is 2.26. The van der Waals surface area contributed by atoms with Crippen molar-refractivity contribution in [2.75, 3.05) is 31.7 Å². The van der Waals surface area contributed by atoms with Crippen molar-refractivity contribution >= 4 is 40.5 Å². The molecule has 1 fully saturated rings. The second-order valence-corrected chi connectivity index (χ2v) is 9.13. The molecule has 1 aliphatic rings. The molecule has 0 saturated carbocycles. The number of hydrogen-bond acceptors (Lipinski definition) is 4. The first-order valence-corrected chi connectivity index (χ1v) is 11.6. The summed E-state index contributed by atoms with van der Waals surface area (Å²) in [5.74, 6) is 0.827. The molecular formula is C25H25Cl3N2O2. The van der Waals surface area contributed by atoms with Gasteiger partial charge < -0.3 is 14.7 Å². The Kier molecular flexibility index (Phi) is 7.49. The van der Waals surface area contributed by atoms with Crippen molar-refractivity contribution < 1.29 is 9.84 Å². The van der Waals surface area contributed by atoms with E-state index in [1.54, 1.807) is 13.2 Å². The van der Waals surface area contributed by atoms with Gasteiger partial charge in [-0.05, 0) is 53.6 Å². The normalized spacial score (nSPS) is 19.2. The fraction of sp³-hybridized carbons (Fsp3) is 0.280. The molecule has 168 valence electrons. The number of methoxy groups -OCH3 is 1. The summed E-state index contributed by atoms with van der Waals surface area (Å²) in [7, 11) is 1.66. The summed E-state index contributed by atoms with van der Waals surface area (Å²) in [6.07, 6.45) is 0. The lowest BCUT2D eigenvalue weighted by Gasteiger charge is -2.48. The predicted octanol–water partition coefficient (Wildman–Crippen LogP) is 6.08. The fourth-order valence-electron chi connectivity index (χ4n) is 4.37. The maximum absolute atomic E-state index is 10.5. The summed E-state index contributed by atoms with van der Waals surface area (Å²) < 4.78 is 5.28. The van der Waals surface area contributed by atoms with E-state index in [1.807, 2.05) is 48.5 Å². The van der Waals surface area contributed by atoms with Crippen molar-refractivity contribution in [2.45, 2.75) is 18.6 Å². The Bertz CT molecular complexity index is 1040. The number of benzene rings is 3. The van der Waals surface area contributed by atoms with Crippen LogP contribution in [-0.4, -0.2) is 42.9 Å². The van der Waals surface area contributed by atoms with Crippen LogP contribution >= 0.6 is 34.8 Å². The van der Waals surface area contributed by atoms with Gasteiger partial charge in [-0.2, -0.15) is 0 Å². The van der Waals surface area contributed by atoms with Crippen LogP contribution < -0.4 is 9.64 Å². The lowest BCUT2D eigenvalue weighted by molar-refractivity contribution is 0.0757. The number of anilines is 1. The van der Waals surface area contributed by atoms with Crippen LogP contribution in [0.25, 0.3) is 0 Å². The largest absolute Gasteiger partial charge is 0.497 e. The molecule has 2 unspecified atom stereocenters. The van der Waals surface area contributed by atoms with E-state index in [0.717, 1.165) is 42.2 Å². The summed E-state index contributed by atoms with van der Waals surface area (Å²) in [5, 5.41) is 12.4. The molecule has 32 heavy (non-hydrogen) atoms. The highest BCUT2D eigenvalue weighted by atomic mass is 35.5. The molecule has 2 atom stereocenters. The number of nitrogens with zero attached hydrogens (tertiary/aromatic N) is 2. The van der Waals surface area contributed by atoms with Crippen molar-refractivity contribution in [1.82, 2.24) is 4.90 Å². The second kappa shape index (κ2) is 10.3. The third-order valence-electron chi connectivity index (χ3n) is 5.96. The van der Waals surface area contributed by atoms with Gasteiger partial charge in [0.2, 0.25) is 0 Å². The molecule has 0 aliphatic carbocycles. The highest BCUT2D eigenvalue weighted by molar-refractivity contribution is 6.36. The van der Waals surface area contributed by atoms with E-state index in [4.69, 9.17) is 39.5 Å². The predicted molar refractivity (Wildman–Crippen MR) is 132 cm³/mol. The molecule has 7 heteroatoms. The van der Waals surface area contributed by atoms with Gasteiger partial charge in [-0.25, -0.2) is 0 Å². The Morgan fingerprint density at radius 2 is 1.59 bits per heavy atom. The van der Waals surface area contributed by atoms with Gasteiger partial charge in [0.1, 0.15) is 5.75 Å². The van der Waals surface area contributed by atoms with E-state index in [1.165, 1.54) is 0 Å². The Balaban J connectivity index is 1.69.